The second-order valence-electron chi connectivity index (χ2n) is 9.85. The summed E-state index contributed by atoms with van der Waals surface area (Å²) in [7, 11) is 0. The van der Waals surface area contributed by atoms with E-state index in [-0.39, 0.29) is 17.5 Å². The fraction of sp³-hybridized carbons (Fsp3) is 0.826. The van der Waals surface area contributed by atoms with Crippen molar-refractivity contribution in [2.24, 2.45) is 40.4 Å². The van der Waals surface area contributed by atoms with Crippen LogP contribution in [0.5, 0.6) is 0 Å². The number of carbonyl (C=O) groups excluding carboxylic acids is 2. The Hall–Kier alpha value is -1.12. The number of fused-ring (bicyclic) bond motifs is 5. The SMILES string of the molecule is C=CC1CCC2C3CCC4CC(OC(C)=O)CCC4(C=O)C3CCC12C. The first kappa shape index (κ1) is 18.3. The molecule has 0 amide bonds. The van der Waals surface area contributed by atoms with Crippen LogP contribution in [0, 0.1) is 40.4 Å². The number of hydrogen-bond donors (Lipinski definition) is 0. The fourth-order valence-corrected chi connectivity index (χ4v) is 7.91. The Labute approximate surface area is 157 Å². The minimum Gasteiger partial charge on any atom is -0.463 e. The molecule has 0 aliphatic heterocycles. The van der Waals surface area contributed by atoms with Crippen molar-refractivity contribution < 1.29 is 14.3 Å². The van der Waals surface area contributed by atoms with Crippen molar-refractivity contribution in [3.8, 4) is 0 Å². The van der Waals surface area contributed by atoms with Crippen molar-refractivity contribution in [1.82, 2.24) is 0 Å². The minimum absolute atomic E-state index is 0.0209. The molecule has 0 saturated heterocycles. The summed E-state index contributed by atoms with van der Waals surface area (Å²) in [6, 6.07) is 0. The highest BCUT2D eigenvalue weighted by Gasteiger charge is 2.61. The topological polar surface area (TPSA) is 43.4 Å². The molecule has 144 valence electrons. The van der Waals surface area contributed by atoms with Gasteiger partial charge in [0, 0.05) is 12.3 Å². The zero-order valence-corrected chi connectivity index (χ0v) is 16.4. The van der Waals surface area contributed by atoms with E-state index in [1.165, 1.54) is 45.3 Å². The molecule has 4 saturated carbocycles. The summed E-state index contributed by atoms with van der Waals surface area (Å²) in [4.78, 5) is 23.8. The molecule has 0 bridgehead atoms. The quantitative estimate of drug-likeness (QED) is 0.408. The summed E-state index contributed by atoms with van der Waals surface area (Å²) in [6.45, 7) is 8.10. The monoisotopic (exact) mass is 358 g/mol. The third kappa shape index (κ3) is 2.52. The summed E-state index contributed by atoms with van der Waals surface area (Å²) < 4.78 is 5.51. The highest BCUT2D eigenvalue weighted by atomic mass is 16.5. The second-order valence-corrected chi connectivity index (χ2v) is 9.85. The van der Waals surface area contributed by atoms with E-state index in [2.05, 4.69) is 19.6 Å². The van der Waals surface area contributed by atoms with Gasteiger partial charge in [0.1, 0.15) is 12.4 Å². The van der Waals surface area contributed by atoms with Gasteiger partial charge in [-0.05, 0) is 92.8 Å². The van der Waals surface area contributed by atoms with Gasteiger partial charge in [0.15, 0.2) is 0 Å². The predicted octanol–water partition coefficient (Wildman–Crippen LogP) is 4.94. The van der Waals surface area contributed by atoms with Gasteiger partial charge < -0.3 is 9.53 Å². The van der Waals surface area contributed by atoms with Crippen LogP contribution >= 0.6 is 0 Å². The first-order valence-corrected chi connectivity index (χ1v) is 10.7. The fourth-order valence-electron chi connectivity index (χ4n) is 7.91. The highest BCUT2D eigenvalue weighted by molar-refractivity contribution is 5.66. The molecule has 4 fully saturated rings. The third-order valence-corrected chi connectivity index (χ3v) is 9.09. The average Bonchev–Trinajstić information content (AvgIpc) is 2.97. The Morgan fingerprint density at radius 3 is 2.58 bits per heavy atom. The normalized spacial score (nSPS) is 50.1. The molecule has 0 N–H and O–H groups in total. The van der Waals surface area contributed by atoms with Crippen LogP contribution in [0.1, 0.15) is 71.6 Å². The van der Waals surface area contributed by atoms with Gasteiger partial charge in [-0.2, -0.15) is 0 Å². The van der Waals surface area contributed by atoms with Crippen LogP contribution in [0.15, 0.2) is 12.7 Å². The molecule has 0 radical (unpaired) electrons. The first-order valence-electron chi connectivity index (χ1n) is 10.7. The van der Waals surface area contributed by atoms with Gasteiger partial charge in [-0.1, -0.05) is 13.0 Å². The van der Waals surface area contributed by atoms with E-state index in [1.807, 2.05) is 0 Å². The van der Waals surface area contributed by atoms with Crippen LogP contribution in [-0.2, 0) is 14.3 Å². The van der Waals surface area contributed by atoms with E-state index in [1.54, 1.807) is 0 Å². The van der Waals surface area contributed by atoms with Crippen molar-refractivity contribution in [1.29, 1.82) is 0 Å². The third-order valence-electron chi connectivity index (χ3n) is 9.09. The maximum atomic E-state index is 12.5. The van der Waals surface area contributed by atoms with Gasteiger partial charge in [0.05, 0.1) is 0 Å². The number of ether oxygens (including phenoxy) is 1. The van der Waals surface area contributed by atoms with Crippen LogP contribution in [0.25, 0.3) is 0 Å². The van der Waals surface area contributed by atoms with Crippen molar-refractivity contribution >= 4 is 12.3 Å². The van der Waals surface area contributed by atoms with E-state index in [0.717, 1.165) is 31.6 Å². The van der Waals surface area contributed by atoms with Crippen molar-refractivity contribution in [3.05, 3.63) is 12.7 Å². The average molecular weight is 359 g/mol. The van der Waals surface area contributed by atoms with Crippen LogP contribution < -0.4 is 0 Å². The van der Waals surface area contributed by atoms with Crippen LogP contribution in [0.2, 0.25) is 0 Å². The number of esters is 1. The molecular weight excluding hydrogens is 324 g/mol. The molecule has 4 aliphatic rings. The van der Waals surface area contributed by atoms with Gasteiger partial charge in [0.2, 0.25) is 0 Å². The number of rotatable bonds is 3. The summed E-state index contributed by atoms with van der Waals surface area (Å²) in [5, 5.41) is 0. The lowest BCUT2D eigenvalue weighted by Gasteiger charge is -2.60. The molecule has 4 rings (SSSR count). The molecule has 0 aromatic carbocycles. The molecule has 0 spiro atoms. The summed E-state index contributed by atoms with van der Waals surface area (Å²) >= 11 is 0. The number of carbonyl (C=O) groups is 2. The lowest BCUT2D eigenvalue weighted by Crippen LogP contribution is -2.56. The van der Waals surface area contributed by atoms with Crippen LogP contribution in [-0.4, -0.2) is 18.4 Å². The van der Waals surface area contributed by atoms with Crippen LogP contribution in [0.3, 0.4) is 0 Å². The number of hydrogen-bond acceptors (Lipinski definition) is 3. The molecule has 8 atom stereocenters. The van der Waals surface area contributed by atoms with Gasteiger partial charge in [-0.3, -0.25) is 4.79 Å². The molecule has 0 heterocycles. The van der Waals surface area contributed by atoms with E-state index in [4.69, 9.17) is 4.74 Å². The number of allylic oxidation sites excluding steroid dienone is 1. The van der Waals surface area contributed by atoms with Gasteiger partial charge in [-0.15, -0.1) is 6.58 Å². The second kappa shape index (κ2) is 6.49. The highest BCUT2D eigenvalue weighted by Crippen LogP contribution is 2.67. The standard InChI is InChI=1S/C23H34O3/c1-4-16-6-8-20-19-7-5-17-13-18(26-15(2)25)9-12-23(17,14-24)21(19)10-11-22(16,20)3/h4,14,16-21H,1,5-13H2,2-3H3. The van der Waals surface area contributed by atoms with Crippen molar-refractivity contribution in [3.63, 3.8) is 0 Å². The molecular formula is C23H34O3. The Bertz CT molecular complexity index is 598. The molecule has 26 heavy (non-hydrogen) atoms. The van der Waals surface area contributed by atoms with E-state index >= 15 is 0 Å². The van der Waals surface area contributed by atoms with E-state index < -0.39 is 0 Å². The van der Waals surface area contributed by atoms with Crippen molar-refractivity contribution in [2.45, 2.75) is 77.7 Å². The van der Waals surface area contributed by atoms with Gasteiger partial charge in [-0.25, -0.2) is 0 Å². The van der Waals surface area contributed by atoms with E-state index in [0.29, 0.717) is 29.1 Å². The lowest BCUT2D eigenvalue weighted by molar-refractivity contribution is -0.164. The summed E-state index contributed by atoms with van der Waals surface area (Å²) in [5.74, 6) is 2.87. The Morgan fingerprint density at radius 1 is 1.08 bits per heavy atom. The Morgan fingerprint density at radius 2 is 1.88 bits per heavy atom. The van der Waals surface area contributed by atoms with Gasteiger partial charge in [0.25, 0.3) is 0 Å². The smallest absolute Gasteiger partial charge is 0.302 e. The number of aldehydes is 1. The van der Waals surface area contributed by atoms with E-state index in [9.17, 15) is 9.59 Å². The molecule has 0 aromatic rings. The molecule has 8 unspecified atom stereocenters. The molecule has 3 heteroatoms. The van der Waals surface area contributed by atoms with Crippen LogP contribution in [0.4, 0.5) is 0 Å². The zero-order valence-electron chi connectivity index (χ0n) is 16.4. The maximum absolute atomic E-state index is 12.5. The predicted molar refractivity (Wildman–Crippen MR) is 101 cm³/mol. The Kier molecular flexibility index (Phi) is 4.56. The lowest BCUT2D eigenvalue weighted by atomic mass is 9.44. The summed E-state index contributed by atoms with van der Waals surface area (Å²) in [5.41, 5.74) is 0.238. The first-order chi connectivity index (χ1) is 12.4. The maximum Gasteiger partial charge on any atom is 0.302 e. The largest absolute Gasteiger partial charge is 0.463 e. The summed E-state index contributed by atoms with van der Waals surface area (Å²) in [6.07, 6.45) is 13.6. The minimum atomic E-state index is -0.183. The van der Waals surface area contributed by atoms with Gasteiger partial charge >= 0.3 is 5.97 Å². The molecule has 0 aromatic heterocycles. The Balaban J connectivity index is 1.58. The zero-order chi connectivity index (χ0) is 18.5. The molecule has 3 nitrogen and oxygen atoms in total. The van der Waals surface area contributed by atoms with Crippen molar-refractivity contribution in [2.75, 3.05) is 0 Å². The molecule has 4 aliphatic carbocycles.